The maximum Gasteiger partial charge on any atom is 0.123 e. The van der Waals surface area contributed by atoms with Gasteiger partial charge >= 0.3 is 0 Å². The van der Waals surface area contributed by atoms with Gasteiger partial charge in [0.2, 0.25) is 0 Å². The van der Waals surface area contributed by atoms with E-state index in [-0.39, 0.29) is 5.41 Å². The van der Waals surface area contributed by atoms with Crippen molar-refractivity contribution in [2.75, 3.05) is 6.61 Å². The van der Waals surface area contributed by atoms with Crippen LogP contribution in [0.5, 0.6) is 5.75 Å². The van der Waals surface area contributed by atoms with Crippen LogP contribution in [-0.4, -0.2) is 6.61 Å². The van der Waals surface area contributed by atoms with Crippen molar-refractivity contribution in [2.24, 2.45) is 11.8 Å². The fourth-order valence-corrected chi connectivity index (χ4v) is 4.64. The number of alkyl halides is 1. The average Bonchev–Trinajstić information content (AvgIpc) is 2.93. The van der Waals surface area contributed by atoms with Gasteiger partial charge in [-0.05, 0) is 29.9 Å². The summed E-state index contributed by atoms with van der Waals surface area (Å²) in [5, 5.41) is 0. The second-order valence-corrected chi connectivity index (χ2v) is 7.89. The highest BCUT2D eigenvalue weighted by molar-refractivity contribution is 9.09. The van der Waals surface area contributed by atoms with E-state index in [0.717, 1.165) is 24.2 Å². The molecule has 1 aromatic rings. The monoisotopic (exact) mass is 322 g/mol. The van der Waals surface area contributed by atoms with Crippen molar-refractivity contribution in [1.82, 2.24) is 0 Å². The summed E-state index contributed by atoms with van der Waals surface area (Å²) in [5.74, 6) is 2.69. The largest absolute Gasteiger partial charge is 0.492 e. The zero-order valence-electron chi connectivity index (χ0n) is 12.1. The molecule has 1 heterocycles. The van der Waals surface area contributed by atoms with E-state index in [1.807, 2.05) is 0 Å². The Labute approximate surface area is 124 Å². The van der Waals surface area contributed by atoms with Gasteiger partial charge in [0, 0.05) is 15.8 Å². The molecule has 1 fully saturated rings. The van der Waals surface area contributed by atoms with Gasteiger partial charge in [-0.2, -0.15) is 0 Å². The van der Waals surface area contributed by atoms with Crippen molar-refractivity contribution >= 4 is 15.9 Å². The molecule has 1 aliphatic heterocycles. The molecule has 2 heteroatoms. The minimum absolute atomic E-state index is 0.152. The van der Waals surface area contributed by atoms with Gasteiger partial charge in [0.25, 0.3) is 0 Å². The third-order valence-corrected chi connectivity index (χ3v) is 6.15. The lowest BCUT2D eigenvalue weighted by molar-refractivity contribution is 0.291. The fraction of sp³-hybridized carbons (Fsp3) is 0.647. The summed E-state index contributed by atoms with van der Waals surface area (Å²) < 4.78 is 5.78. The Morgan fingerprint density at radius 1 is 1.32 bits per heavy atom. The Balaban J connectivity index is 1.90. The minimum Gasteiger partial charge on any atom is -0.492 e. The molecule has 0 aromatic heterocycles. The van der Waals surface area contributed by atoms with E-state index in [1.54, 1.807) is 0 Å². The summed E-state index contributed by atoms with van der Waals surface area (Å²) >= 11 is 3.96. The Morgan fingerprint density at radius 3 is 2.79 bits per heavy atom. The summed E-state index contributed by atoms with van der Waals surface area (Å²) in [7, 11) is 0. The normalized spacial score (nSPS) is 29.9. The van der Waals surface area contributed by atoms with Crippen molar-refractivity contribution in [2.45, 2.75) is 50.3 Å². The number of rotatable bonds is 2. The highest BCUT2D eigenvalue weighted by Crippen LogP contribution is 2.47. The van der Waals surface area contributed by atoms with E-state index in [1.165, 1.54) is 30.4 Å². The van der Waals surface area contributed by atoms with Crippen molar-refractivity contribution < 1.29 is 4.74 Å². The summed E-state index contributed by atoms with van der Waals surface area (Å²) in [4.78, 5) is 0.492. The second-order valence-electron chi connectivity index (χ2n) is 6.90. The molecule has 0 amide bonds. The van der Waals surface area contributed by atoms with E-state index >= 15 is 0 Å². The number of halogens is 1. The number of hydrogen-bond donors (Lipinski definition) is 0. The molecular formula is C17H23BrO. The highest BCUT2D eigenvalue weighted by Gasteiger charge is 2.34. The first-order chi connectivity index (χ1) is 8.99. The van der Waals surface area contributed by atoms with Crippen LogP contribution < -0.4 is 4.74 Å². The zero-order chi connectivity index (χ0) is 13.6. The Bertz CT molecular complexity index is 480. The smallest absolute Gasteiger partial charge is 0.123 e. The molecule has 1 aliphatic carbocycles. The molecule has 0 spiro atoms. The van der Waals surface area contributed by atoms with Crippen LogP contribution in [0.15, 0.2) is 18.2 Å². The standard InChI is InChI=1S/C17H23BrO/c1-11-5-4-6-13(11)16(18)12-7-8-15-14(9-12)17(2,3)10-19-15/h7-9,11,13,16H,4-6,10H2,1-3H3. The molecule has 0 bridgehead atoms. The van der Waals surface area contributed by atoms with Gasteiger partial charge in [-0.1, -0.05) is 61.7 Å². The van der Waals surface area contributed by atoms with Crippen molar-refractivity contribution in [3.63, 3.8) is 0 Å². The van der Waals surface area contributed by atoms with Crippen LogP contribution in [0, 0.1) is 11.8 Å². The summed E-state index contributed by atoms with van der Waals surface area (Å²) in [6.07, 6.45) is 4.12. The number of benzene rings is 1. The molecule has 104 valence electrons. The van der Waals surface area contributed by atoms with Crippen LogP contribution in [-0.2, 0) is 5.41 Å². The molecule has 3 rings (SSSR count). The van der Waals surface area contributed by atoms with Crippen LogP contribution >= 0.6 is 15.9 Å². The second kappa shape index (κ2) is 4.80. The lowest BCUT2D eigenvalue weighted by Gasteiger charge is -2.23. The van der Waals surface area contributed by atoms with E-state index in [2.05, 4.69) is 54.9 Å². The SMILES string of the molecule is CC1CCCC1C(Br)c1ccc2c(c1)C(C)(C)CO2. The first kappa shape index (κ1) is 13.5. The van der Waals surface area contributed by atoms with Crippen LogP contribution in [0.1, 0.15) is 56.0 Å². The predicted molar refractivity (Wildman–Crippen MR) is 83.1 cm³/mol. The van der Waals surface area contributed by atoms with Crippen LogP contribution in [0.25, 0.3) is 0 Å². The Hall–Kier alpha value is -0.500. The number of fused-ring (bicyclic) bond motifs is 1. The number of ether oxygens (including phenoxy) is 1. The lowest BCUT2D eigenvalue weighted by atomic mass is 9.84. The van der Waals surface area contributed by atoms with Gasteiger partial charge in [0.1, 0.15) is 5.75 Å². The van der Waals surface area contributed by atoms with Gasteiger partial charge in [-0.15, -0.1) is 0 Å². The molecule has 1 saturated carbocycles. The molecule has 0 radical (unpaired) electrons. The van der Waals surface area contributed by atoms with Gasteiger partial charge in [0.15, 0.2) is 0 Å². The molecule has 1 nitrogen and oxygen atoms in total. The van der Waals surface area contributed by atoms with Gasteiger partial charge in [0.05, 0.1) is 6.61 Å². The highest BCUT2D eigenvalue weighted by atomic mass is 79.9. The Morgan fingerprint density at radius 2 is 2.11 bits per heavy atom. The lowest BCUT2D eigenvalue weighted by Crippen LogP contribution is -2.18. The van der Waals surface area contributed by atoms with Crippen molar-refractivity contribution in [3.8, 4) is 5.75 Å². The topological polar surface area (TPSA) is 9.23 Å². The van der Waals surface area contributed by atoms with Gasteiger partial charge < -0.3 is 4.74 Å². The molecule has 3 atom stereocenters. The van der Waals surface area contributed by atoms with Gasteiger partial charge in [-0.25, -0.2) is 0 Å². The Kier molecular flexibility index (Phi) is 3.41. The zero-order valence-corrected chi connectivity index (χ0v) is 13.7. The quantitative estimate of drug-likeness (QED) is 0.677. The van der Waals surface area contributed by atoms with Crippen molar-refractivity contribution in [3.05, 3.63) is 29.3 Å². The van der Waals surface area contributed by atoms with E-state index < -0.39 is 0 Å². The van der Waals surface area contributed by atoms with Gasteiger partial charge in [-0.3, -0.25) is 0 Å². The molecule has 0 saturated heterocycles. The van der Waals surface area contributed by atoms with Crippen LogP contribution in [0.3, 0.4) is 0 Å². The van der Waals surface area contributed by atoms with E-state index in [9.17, 15) is 0 Å². The first-order valence-electron chi connectivity index (χ1n) is 7.40. The molecule has 19 heavy (non-hydrogen) atoms. The predicted octanol–water partition coefficient (Wildman–Crippen LogP) is 5.23. The number of hydrogen-bond acceptors (Lipinski definition) is 1. The first-order valence-corrected chi connectivity index (χ1v) is 8.32. The summed E-state index contributed by atoms with van der Waals surface area (Å²) in [6, 6.07) is 6.77. The van der Waals surface area contributed by atoms with Crippen LogP contribution in [0.2, 0.25) is 0 Å². The third-order valence-electron chi connectivity index (χ3n) is 4.94. The maximum atomic E-state index is 5.78. The van der Waals surface area contributed by atoms with Crippen LogP contribution in [0.4, 0.5) is 0 Å². The summed E-state index contributed by atoms with van der Waals surface area (Å²) in [5.41, 5.74) is 2.95. The summed E-state index contributed by atoms with van der Waals surface area (Å²) in [6.45, 7) is 7.74. The van der Waals surface area contributed by atoms with Crippen molar-refractivity contribution in [1.29, 1.82) is 0 Å². The molecule has 1 aromatic carbocycles. The fourth-order valence-electron chi connectivity index (χ4n) is 3.57. The third kappa shape index (κ3) is 2.33. The average molecular weight is 323 g/mol. The van der Waals surface area contributed by atoms with E-state index in [0.29, 0.717) is 4.83 Å². The molecular weight excluding hydrogens is 300 g/mol. The molecule has 3 unspecified atom stereocenters. The van der Waals surface area contributed by atoms with E-state index in [4.69, 9.17) is 4.74 Å². The molecule has 2 aliphatic rings. The minimum atomic E-state index is 0.152. The maximum absolute atomic E-state index is 5.78. The molecule has 0 N–H and O–H groups in total.